The van der Waals surface area contributed by atoms with Gasteiger partial charge in [-0.1, -0.05) is 11.8 Å². The summed E-state index contributed by atoms with van der Waals surface area (Å²) in [5.74, 6) is 1.44. The van der Waals surface area contributed by atoms with Crippen molar-refractivity contribution in [3.8, 4) is 11.4 Å². The van der Waals surface area contributed by atoms with E-state index >= 15 is 0 Å². The van der Waals surface area contributed by atoms with Crippen molar-refractivity contribution in [1.29, 1.82) is 0 Å². The quantitative estimate of drug-likeness (QED) is 0.639. The van der Waals surface area contributed by atoms with Crippen LogP contribution in [0.25, 0.3) is 11.4 Å². The molecule has 0 spiro atoms. The Morgan fingerprint density at radius 1 is 1.43 bits per heavy atom. The molecule has 0 saturated heterocycles. The molecule has 2 rings (SSSR count). The van der Waals surface area contributed by atoms with Crippen LogP contribution in [0.5, 0.6) is 0 Å². The number of rotatable bonds is 4. The summed E-state index contributed by atoms with van der Waals surface area (Å²) < 4.78 is 12.4. The fraction of sp³-hybridized carbons (Fsp3) is 0.500. The van der Waals surface area contributed by atoms with Gasteiger partial charge in [0.2, 0.25) is 0 Å². The molecule has 0 atom stereocenters. The summed E-state index contributed by atoms with van der Waals surface area (Å²) in [6.07, 6.45) is 1.62. The molecular weight excluding hydrogens is 290 g/mol. The third-order valence-corrected chi connectivity index (χ3v) is 3.67. The lowest BCUT2D eigenvalue weighted by atomic mass is 10.2. The normalized spacial score (nSPS) is 11.7. The molecule has 2 aromatic rings. The van der Waals surface area contributed by atoms with Crippen LogP contribution in [0, 0.1) is 6.92 Å². The lowest BCUT2D eigenvalue weighted by Gasteiger charge is -2.19. The molecule has 0 aliphatic heterocycles. The average molecular weight is 309 g/mol. The smallest absolute Gasteiger partial charge is 0.316 e. The van der Waals surface area contributed by atoms with Crippen molar-refractivity contribution in [1.82, 2.24) is 14.8 Å². The Morgan fingerprint density at radius 3 is 2.71 bits per heavy atom. The number of hydrogen-bond acceptors (Lipinski definition) is 6. The molecule has 0 bridgehead atoms. The number of aromatic nitrogens is 3. The summed E-state index contributed by atoms with van der Waals surface area (Å²) in [6, 6.07) is 1.85. The fourth-order valence-electron chi connectivity index (χ4n) is 1.79. The molecule has 0 amide bonds. The third-order valence-electron chi connectivity index (χ3n) is 2.67. The van der Waals surface area contributed by atoms with Gasteiger partial charge in [0.05, 0.1) is 17.6 Å². The van der Waals surface area contributed by atoms with E-state index in [1.165, 1.54) is 11.8 Å². The number of carbonyl (C=O) groups is 1. The van der Waals surface area contributed by atoms with Gasteiger partial charge in [0, 0.05) is 7.05 Å². The molecule has 0 N–H and O–H groups in total. The minimum atomic E-state index is -0.476. The lowest BCUT2D eigenvalue weighted by Crippen LogP contribution is -2.25. The van der Waals surface area contributed by atoms with Gasteiger partial charge in [-0.2, -0.15) is 0 Å². The van der Waals surface area contributed by atoms with Crippen molar-refractivity contribution in [2.24, 2.45) is 7.05 Å². The van der Waals surface area contributed by atoms with Crippen LogP contribution >= 0.6 is 11.8 Å². The molecule has 0 aliphatic rings. The summed E-state index contributed by atoms with van der Waals surface area (Å²) in [7, 11) is 1.86. The number of furan rings is 1. The molecule has 21 heavy (non-hydrogen) atoms. The van der Waals surface area contributed by atoms with Crippen LogP contribution in [0.3, 0.4) is 0 Å². The van der Waals surface area contributed by atoms with E-state index < -0.39 is 5.60 Å². The number of hydrogen-bond donors (Lipinski definition) is 0. The van der Waals surface area contributed by atoms with Gasteiger partial charge in [0.25, 0.3) is 0 Å². The van der Waals surface area contributed by atoms with Gasteiger partial charge in [-0.25, -0.2) is 0 Å². The van der Waals surface area contributed by atoms with Crippen molar-refractivity contribution < 1.29 is 13.9 Å². The first-order chi connectivity index (χ1) is 9.78. The first-order valence-corrected chi connectivity index (χ1v) is 7.55. The summed E-state index contributed by atoms with van der Waals surface area (Å²) in [6.45, 7) is 7.41. The predicted octanol–water partition coefficient (Wildman–Crippen LogP) is 2.82. The second-order valence-corrected chi connectivity index (χ2v) is 6.57. The molecule has 0 unspecified atom stereocenters. The Hall–Kier alpha value is -1.76. The Kier molecular flexibility index (Phi) is 4.41. The second kappa shape index (κ2) is 5.93. The average Bonchev–Trinajstić information content (AvgIpc) is 2.91. The van der Waals surface area contributed by atoms with Crippen LogP contribution < -0.4 is 0 Å². The number of carbonyl (C=O) groups excluding carboxylic acids is 1. The summed E-state index contributed by atoms with van der Waals surface area (Å²) in [5.41, 5.74) is 0.422. The maximum absolute atomic E-state index is 11.7. The van der Waals surface area contributed by atoms with E-state index in [9.17, 15) is 4.79 Å². The second-order valence-electron chi connectivity index (χ2n) is 5.63. The van der Waals surface area contributed by atoms with E-state index in [-0.39, 0.29) is 11.7 Å². The zero-order valence-electron chi connectivity index (χ0n) is 12.8. The van der Waals surface area contributed by atoms with Crippen LogP contribution in [0.4, 0.5) is 0 Å². The minimum absolute atomic E-state index is 0.202. The Labute approximate surface area is 127 Å². The fourth-order valence-corrected chi connectivity index (χ4v) is 2.47. The Morgan fingerprint density at radius 2 is 2.14 bits per heavy atom. The van der Waals surface area contributed by atoms with Gasteiger partial charge in [0.15, 0.2) is 11.0 Å². The van der Waals surface area contributed by atoms with Crippen LogP contribution in [-0.4, -0.2) is 32.1 Å². The first kappa shape index (κ1) is 15.6. The Balaban J connectivity index is 2.05. The van der Waals surface area contributed by atoms with Crippen molar-refractivity contribution >= 4 is 17.7 Å². The number of thioether (sulfide) groups is 1. The molecule has 6 nitrogen and oxygen atoms in total. The molecule has 0 aliphatic carbocycles. The van der Waals surface area contributed by atoms with E-state index in [1.807, 2.05) is 45.4 Å². The zero-order valence-corrected chi connectivity index (χ0v) is 13.7. The van der Waals surface area contributed by atoms with E-state index in [2.05, 4.69) is 10.2 Å². The molecule has 7 heteroatoms. The van der Waals surface area contributed by atoms with Crippen molar-refractivity contribution in [2.45, 2.75) is 38.5 Å². The van der Waals surface area contributed by atoms with Gasteiger partial charge >= 0.3 is 5.97 Å². The maximum Gasteiger partial charge on any atom is 0.316 e. The minimum Gasteiger partial charge on any atom is -0.469 e. The first-order valence-electron chi connectivity index (χ1n) is 6.56. The maximum atomic E-state index is 11.7. The standard InChI is InChI=1S/C14H19N3O3S/c1-9-10(6-7-19-9)12-15-16-13(17(12)5)21-8-11(18)20-14(2,3)4/h6-7H,8H2,1-5H3. The lowest BCUT2D eigenvalue weighted by molar-refractivity contribution is -0.151. The molecule has 0 aromatic carbocycles. The topological polar surface area (TPSA) is 70.2 Å². The van der Waals surface area contributed by atoms with Gasteiger partial charge in [-0.3, -0.25) is 4.79 Å². The molecule has 0 radical (unpaired) electrons. The summed E-state index contributed by atoms with van der Waals surface area (Å²) in [4.78, 5) is 11.7. The largest absolute Gasteiger partial charge is 0.469 e. The highest BCUT2D eigenvalue weighted by Gasteiger charge is 2.19. The van der Waals surface area contributed by atoms with Crippen LogP contribution in [0.2, 0.25) is 0 Å². The SMILES string of the molecule is Cc1occc1-c1nnc(SCC(=O)OC(C)(C)C)n1C. The predicted molar refractivity (Wildman–Crippen MR) is 80.0 cm³/mol. The summed E-state index contributed by atoms with van der Waals surface area (Å²) >= 11 is 1.30. The Bertz CT molecular complexity index is 640. The van der Waals surface area contributed by atoms with Crippen LogP contribution in [-0.2, 0) is 16.6 Å². The molecule has 0 saturated carbocycles. The number of esters is 1. The van der Waals surface area contributed by atoms with Crippen molar-refractivity contribution in [3.63, 3.8) is 0 Å². The van der Waals surface area contributed by atoms with Gasteiger partial charge in [0.1, 0.15) is 11.4 Å². The zero-order chi connectivity index (χ0) is 15.6. The van der Waals surface area contributed by atoms with Crippen molar-refractivity contribution in [2.75, 3.05) is 5.75 Å². The van der Waals surface area contributed by atoms with Gasteiger partial charge in [-0.05, 0) is 33.8 Å². The van der Waals surface area contributed by atoms with Gasteiger partial charge < -0.3 is 13.7 Å². The molecule has 0 fully saturated rings. The highest BCUT2D eigenvalue weighted by Crippen LogP contribution is 2.26. The molecule has 2 aromatic heterocycles. The van der Waals surface area contributed by atoms with E-state index in [1.54, 1.807) is 6.26 Å². The molecular formula is C14H19N3O3S. The van der Waals surface area contributed by atoms with Gasteiger partial charge in [-0.15, -0.1) is 10.2 Å². The van der Waals surface area contributed by atoms with Crippen molar-refractivity contribution in [3.05, 3.63) is 18.1 Å². The molecule has 114 valence electrons. The molecule has 2 heterocycles. The number of nitrogens with zero attached hydrogens (tertiary/aromatic N) is 3. The number of ether oxygens (including phenoxy) is 1. The summed E-state index contributed by atoms with van der Waals surface area (Å²) in [5, 5.41) is 8.92. The van der Waals surface area contributed by atoms with E-state index in [0.29, 0.717) is 11.0 Å². The van der Waals surface area contributed by atoms with E-state index in [0.717, 1.165) is 11.3 Å². The highest BCUT2D eigenvalue weighted by molar-refractivity contribution is 7.99. The highest BCUT2D eigenvalue weighted by atomic mass is 32.2. The van der Waals surface area contributed by atoms with Crippen LogP contribution in [0.1, 0.15) is 26.5 Å². The monoisotopic (exact) mass is 309 g/mol. The van der Waals surface area contributed by atoms with E-state index in [4.69, 9.17) is 9.15 Å². The number of aryl methyl sites for hydroxylation is 1. The third kappa shape index (κ3) is 3.87. The van der Waals surface area contributed by atoms with Crippen LogP contribution in [0.15, 0.2) is 21.9 Å².